The molecular formula is C18H18ClNO. The molecular weight excluding hydrogens is 282 g/mol. The van der Waals surface area contributed by atoms with E-state index in [-0.39, 0.29) is 5.91 Å². The zero-order valence-electron chi connectivity index (χ0n) is 12.2. The molecule has 1 unspecified atom stereocenters. The molecule has 0 radical (unpaired) electrons. The first-order valence-corrected chi connectivity index (χ1v) is 7.60. The second kappa shape index (κ2) is 5.19. The first-order chi connectivity index (χ1) is 10.0. The van der Waals surface area contributed by atoms with Crippen LogP contribution in [-0.4, -0.2) is 5.91 Å². The van der Waals surface area contributed by atoms with Gasteiger partial charge < -0.3 is 5.32 Å². The van der Waals surface area contributed by atoms with Gasteiger partial charge in [0.1, 0.15) is 0 Å². The van der Waals surface area contributed by atoms with Crippen LogP contribution in [0.5, 0.6) is 0 Å². The second-order valence-corrected chi connectivity index (χ2v) is 6.20. The van der Waals surface area contributed by atoms with Gasteiger partial charge in [0.15, 0.2) is 0 Å². The second-order valence-electron chi connectivity index (χ2n) is 5.79. The van der Waals surface area contributed by atoms with Crippen LogP contribution < -0.4 is 5.32 Å². The van der Waals surface area contributed by atoms with E-state index in [9.17, 15) is 4.79 Å². The summed E-state index contributed by atoms with van der Waals surface area (Å²) in [5.41, 5.74) is 3.67. The van der Waals surface area contributed by atoms with E-state index in [0.717, 1.165) is 23.2 Å². The summed E-state index contributed by atoms with van der Waals surface area (Å²) in [5.74, 6) is 0.0469. The number of halogens is 1. The number of benzene rings is 2. The van der Waals surface area contributed by atoms with E-state index < -0.39 is 5.41 Å². The fourth-order valence-electron chi connectivity index (χ4n) is 2.98. The van der Waals surface area contributed by atoms with Crippen molar-refractivity contribution in [1.29, 1.82) is 0 Å². The summed E-state index contributed by atoms with van der Waals surface area (Å²) in [7, 11) is 0. The van der Waals surface area contributed by atoms with Crippen molar-refractivity contribution in [1.82, 2.24) is 0 Å². The summed E-state index contributed by atoms with van der Waals surface area (Å²) in [6, 6.07) is 14.0. The van der Waals surface area contributed by atoms with Crippen LogP contribution in [0.15, 0.2) is 42.5 Å². The topological polar surface area (TPSA) is 29.1 Å². The van der Waals surface area contributed by atoms with Gasteiger partial charge in [-0.2, -0.15) is 0 Å². The Morgan fingerprint density at radius 1 is 1.19 bits per heavy atom. The third kappa shape index (κ3) is 2.34. The van der Waals surface area contributed by atoms with Crippen molar-refractivity contribution in [2.24, 2.45) is 0 Å². The van der Waals surface area contributed by atoms with Crippen molar-refractivity contribution in [2.75, 3.05) is 5.32 Å². The molecule has 0 spiro atoms. The summed E-state index contributed by atoms with van der Waals surface area (Å²) in [6.07, 6.45) is 1.57. The number of hydrogen-bond acceptors (Lipinski definition) is 1. The van der Waals surface area contributed by atoms with Crippen LogP contribution in [0.2, 0.25) is 5.02 Å². The van der Waals surface area contributed by atoms with Gasteiger partial charge in [0, 0.05) is 10.7 Å². The quantitative estimate of drug-likeness (QED) is 0.896. The van der Waals surface area contributed by atoms with Crippen LogP contribution in [0.1, 0.15) is 30.5 Å². The van der Waals surface area contributed by atoms with E-state index in [1.54, 1.807) is 0 Å². The molecule has 3 rings (SSSR count). The minimum absolute atomic E-state index is 0.0469. The van der Waals surface area contributed by atoms with Gasteiger partial charge in [-0.25, -0.2) is 0 Å². The molecule has 3 heteroatoms. The van der Waals surface area contributed by atoms with Gasteiger partial charge in [-0.1, -0.05) is 48.9 Å². The first-order valence-electron chi connectivity index (χ1n) is 7.23. The van der Waals surface area contributed by atoms with Gasteiger partial charge in [0.05, 0.1) is 5.41 Å². The lowest BCUT2D eigenvalue weighted by Gasteiger charge is -2.23. The average molecular weight is 300 g/mol. The van der Waals surface area contributed by atoms with Crippen molar-refractivity contribution >= 4 is 23.2 Å². The van der Waals surface area contributed by atoms with Crippen LogP contribution in [0.4, 0.5) is 5.69 Å². The number of amides is 1. The Morgan fingerprint density at radius 2 is 1.95 bits per heavy atom. The minimum atomic E-state index is -0.563. The molecule has 1 amide bonds. The number of carbonyl (C=O) groups is 1. The predicted octanol–water partition coefficient (Wildman–Crippen LogP) is 4.35. The van der Waals surface area contributed by atoms with Gasteiger partial charge >= 0.3 is 0 Å². The monoisotopic (exact) mass is 299 g/mol. The molecule has 21 heavy (non-hydrogen) atoms. The first kappa shape index (κ1) is 14.2. The lowest BCUT2D eigenvalue weighted by molar-refractivity contribution is -0.120. The normalized spacial score (nSPS) is 20.2. The van der Waals surface area contributed by atoms with Gasteiger partial charge in [-0.15, -0.1) is 0 Å². The van der Waals surface area contributed by atoms with Crippen molar-refractivity contribution in [3.8, 4) is 0 Å². The predicted molar refractivity (Wildman–Crippen MR) is 87.0 cm³/mol. The Bertz CT molecular complexity index is 710. The Morgan fingerprint density at radius 3 is 2.67 bits per heavy atom. The van der Waals surface area contributed by atoms with E-state index in [1.165, 1.54) is 5.56 Å². The number of rotatable bonds is 3. The van der Waals surface area contributed by atoms with Gasteiger partial charge in [-0.3, -0.25) is 4.79 Å². The average Bonchev–Trinajstić information content (AvgIpc) is 2.72. The van der Waals surface area contributed by atoms with Crippen LogP contribution in [0.25, 0.3) is 0 Å². The molecule has 1 atom stereocenters. The molecule has 2 aromatic carbocycles. The lowest BCUT2D eigenvalue weighted by atomic mass is 9.78. The van der Waals surface area contributed by atoms with E-state index in [2.05, 4.69) is 30.4 Å². The minimum Gasteiger partial charge on any atom is -0.325 e. The van der Waals surface area contributed by atoms with Crippen molar-refractivity contribution in [3.63, 3.8) is 0 Å². The number of carbonyl (C=O) groups excluding carboxylic acids is 1. The molecule has 2 nitrogen and oxygen atoms in total. The van der Waals surface area contributed by atoms with E-state index in [1.807, 2.05) is 31.2 Å². The number of anilines is 1. The van der Waals surface area contributed by atoms with E-state index in [0.29, 0.717) is 11.4 Å². The van der Waals surface area contributed by atoms with Crippen molar-refractivity contribution < 1.29 is 4.79 Å². The number of nitrogens with one attached hydrogen (secondary N) is 1. The summed E-state index contributed by atoms with van der Waals surface area (Å²) >= 11 is 6.26. The summed E-state index contributed by atoms with van der Waals surface area (Å²) in [6.45, 7) is 4.10. The Kier molecular flexibility index (Phi) is 3.50. The Balaban J connectivity index is 2.02. The number of hydrogen-bond donors (Lipinski definition) is 1. The molecule has 1 aliphatic heterocycles. The molecule has 0 aromatic heterocycles. The van der Waals surface area contributed by atoms with Crippen molar-refractivity contribution in [3.05, 3.63) is 64.2 Å². The molecule has 0 fully saturated rings. The number of fused-ring (bicyclic) bond motifs is 1. The smallest absolute Gasteiger partial charge is 0.235 e. The number of aryl methyl sites for hydroxylation is 1. The summed E-state index contributed by atoms with van der Waals surface area (Å²) in [4.78, 5) is 12.5. The molecule has 0 saturated carbocycles. The summed E-state index contributed by atoms with van der Waals surface area (Å²) in [5, 5.41) is 3.73. The molecule has 1 heterocycles. The molecule has 2 aromatic rings. The van der Waals surface area contributed by atoms with Gasteiger partial charge in [0.25, 0.3) is 0 Å². The maximum Gasteiger partial charge on any atom is 0.235 e. The fraction of sp³-hybridized carbons (Fsp3) is 0.278. The maximum absolute atomic E-state index is 12.5. The van der Waals surface area contributed by atoms with Gasteiger partial charge in [-0.05, 0) is 48.6 Å². The third-order valence-corrected chi connectivity index (χ3v) is 4.71. The largest absolute Gasteiger partial charge is 0.325 e. The van der Waals surface area contributed by atoms with E-state index >= 15 is 0 Å². The molecule has 0 aliphatic carbocycles. The SMILES string of the molecule is CCc1ccc2c(c1)NC(=O)C2(C)Cc1ccccc1Cl. The van der Waals surface area contributed by atoms with Crippen molar-refractivity contribution in [2.45, 2.75) is 32.1 Å². The fourth-order valence-corrected chi connectivity index (χ4v) is 3.18. The van der Waals surface area contributed by atoms with Crippen LogP contribution in [0, 0.1) is 0 Å². The highest BCUT2D eigenvalue weighted by atomic mass is 35.5. The maximum atomic E-state index is 12.5. The highest BCUT2D eigenvalue weighted by molar-refractivity contribution is 6.31. The Hall–Kier alpha value is -1.80. The molecule has 0 bridgehead atoms. The van der Waals surface area contributed by atoms with Crippen LogP contribution >= 0.6 is 11.6 Å². The molecule has 0 saturated heterocycles. The molecule has 108 valence electrons. The lowest BCUT2D eigenvalue weighted by Crippen LogP contribution is -2.33. The van der Waals surface area contributed by atoms with Crippen LogP contribution in [-0.2, 0) is 23.1 Å². The highest BCUT2D eigenvalue weighted by Gasteiger charge is 2.42. The van der Waals surface area contributed by atoms with Crippen LogP contribution in [0.3, 0.4) is 0 Å². The standard InChI is InChI=1S/C18H18ClNO/c1-3-12-8-9-14-16(10-12)20-17(21)18(14,2)11-13-6-4-5-7-15(13)19/h4-10H,3,11H2,1-2H3,(H,20,21). The van der Waals surface area contributed by atoms with E-state index in [4.69, 9.17) is 11.6 Å². The third-order valence-electron chi connectivity index (χ3n) is 4.34. The summed E-state index contributed by atoms with van der Waals surface area (Å²) < 4.78 is 0. The Labute approximate surface area is 130 Å². The molecule has 1 N–H and O–H groups in total. The zero-order chi connectivity index (χ0) is 15.0. The highest BCUT2D eigenvalue weighted by Crippen LogP contribution is 2.41. The zero-order valence-corrected chi connectivity index (χ0v) is 13.0. The van der Waals surface area contributed by atoms with Gasteiger partial charge in [0.2, 0.25) is 5.91 Å². The molecule has 1 aliphatic rings.